The van der Waals surface area contributed by atoms with Crippen molar-refractivity contribution in [2.75, 3.05) is 27.8 Å². The van der Waals surface area contributed by atoms with Gasteiger partial charge in [0.25, 0.3) is 0 Å². The monoisotopic (exact) mass is 266 g/mol. The second kappa shape index (κ2) is 6.78. The molecule has 1 rings (SSSR count). The van der Waals surface area contributed by atoms with Gasteiger partial charge in [-0.1, -0.05) is 6.92 Å². The quantitative estimate of drug-likeness (QED) is 0.828. The molecule has 1 aromatic carbocycles. The van der Waals surface area contributed by atoms with Crippen molar-refractivity contribution in [2.24, 2.45) is 11.7 Å². The summed E-state index contributed by atoms with van der Waals surface area (Å²) in [5, 5.41) is 3.33. The molecule has 0 amide bonds. The molecule has 1 aromatic rings. The van der Waals surface area contributed by atoms with Gasteiger partial charge in [-0.2, -0.15) is 0 Å². The number of hydrogen-bond acceptors (Lipinski definition) is 4. The van der Waals surface area contributed by atoms with Crippen molar-refractivity contribution >= 4 is 0 Å². The van der Waals surface area contributed by atoms with E-state index in [1.165, 1.54) is 0 Å². The normalized spacial score (nSPS) is 14.1. The Morgan fingerprint density at radius 2 is 1.84 bits per heavy atom. The molecule has 0 spiro atoms. The van der Waals surface area contributed by atoms with Crippen LogP contribution in [0.4, 0.5) is 0 Å². The highest BCUT2D eigenvalue weighted by Gasteiger charge is 2.23. The van der Waals surface area contributed by atoms with Gasteiger partial charge in [0.2, 0.25) is 0 Å². The Hall–Kier alpha value is -1.26. The smallest absolute Gasteiger partial charge is 0.127 e. The second-order valence-electron chi connectivity index (χ2n) is 4.93. The van der Waals surface area contributed by atoms with Gasteiger partial charge in [0.05, 0.1) is 14.2 Å². The number of nitrogens with one attached hydrogen (secondary N) is 1. The first kappa shape index (κ1) is 15.8. The summed E-state index contributed by atoms with van der Waals surface area (Å²) in [7, 11) is 5.34. The minimum atomic E-state index is 0.146. The van der Waals surface area contributed by atoms with Gasteiger partial charge < -0.3 is 20.5 Å². The Kier molecular flexibility index (Phi) is 5.63. The molecule has 0 saturated carbocycles. The van der Waals surface area contributed by atoms with Gasteiger partial charge in [0.15, 0.2) is 0 Å². The molecule has 108 valence electrons. The molecule has 0 radical (unpaired) electrons. The van der Waals surface area contributed by atoms with Gasteiger partial charge in [-0.3, -0.25) is 0 Å². The van der Waals surface area contributed by atoms with E-state index in [1.807, 2.05) is 14.0 Å². The fraction of sp³-hybridized carbons (Fsp3) is 0.600. The van der Waals surface area contributed by atoms with Crippen LogP contribution in [0.2, 0.25) is 0 Å². The van der Waals surface area contributed by atoms with E-state index in [1.54, 1.807) is 14.2 Å². The van der Waals surface area contributed by atoms with Crippen LogP contribution in [0.5, 0.6) is 11.5 Å². The Morgan fingerprint density at radius 3 is 2.26 bits per heavy atom. The van der Waals surface area contributed by atoms with Crippen molar-refractivity contribution in [1.29, 1.82) is 0 Å². The van der Waals surface area contributed by atoms with Gasteiger partial charge in [0.1, 0.15) is 11.5 Å². The fourth-order valence-corrected chi connectivity index (χ4v) is 2.48. The van der Waals surface area contributed by atoms with Crippen molar-refractivity contribution in [1.82, 2.24) is 5.32 Å². The number of hydrogen-bond donors (Lipinski definition) is 2. The lowest BCUT2D eigenvalue weighted by molar-refractivity contribution is 0.364. The van der Waals surface area contributed by atoms with Crippen LogP contribution in [0.1, 0.15) is 29.7 Å². The largest absolute Gasteiger partial charge is 0.496 e. The molecule has 4 nitrogen and oxygen atoms in total. The molecule has 3 N–H and O–H groups in total. The lowest BCUT2D eigenvalue weighted by atomic mass is 9.90. The third-order valence-corrected chi connectivity index (χ3v) is 3.83. The van der Waals surface area contributed by atoms with Gasteiger partial charge in [-0.05, 0) is 50.6 Å². The molecule has 0 aromatic heterocycles. The molecule has 0 aliphatic rings. The lowest BCUT2D eigenvalue weighted by Gasteiger charge is -2.27. The maximum Gasteiger partial charge on any atom is 0.127 e. The first-order valence-corrected chi connectivity index (χ1v) is 6.61. The van der Waals surface area contributed by atoms with Crippen LogP contribution in [-0.4, -0.2) is 27.8 Å². The van der Waals surface area contributed by atoms with E-state index in [-0.39, 0.29) is 6.04 Å². The topological polar surface area (TPSA) is 56.5 Å². The van der Waals surface area contributed by atoms with Gasteiger partial charge >= 0.3 is 0 Å². The van der Waals surface area contributed by atoms with E-state index in [0.717, 1.165) is 28.2 Å². The molecular formula is C15H26N2O2. The average Bonchev–Trinajstić information content (AvgIpc) is 2.43. The van der Waals surface area contributed by atoms with E-state index in [4.69, 9.17) is 15.2 Å². The third-order valence-electron chi connectivity index (χ3n) is 3.83. The van der Waals surface area contributed by atoms with Crippen molar-refractivity contribution in [3.05, 3.63) is 22.8 Å². The highest BCUT2D eigenvalue weighted by atomic mass is 16.5. The van der Waals surface area contributed by atoms with Gasteiger partial charge in [-0.15, -0.1) is 0 Å². The lowest BCUT2D eigenvalue weighted by Crippen LogP contribution is -2.29. The molecule has 2 atom stereocenters. The fourth-order valence-electron chi connectivity index (χ4n) is 2.48. The molecule has 0 heterocycles. The summed E-state index contributed by atoms with van der Waals surface area (Å²) < 4.78 is 11.1. The Balaban J connectivity index is 3.43. The van der Waals surface area contributed by atoms with Crippen LogP contribution >= 0.6 is 0 Å². The van der Waals surface area contributed by atoms with E-state index in [2.05, 4.69) is 25.2 Å². The second-order valence-corrected chi connectivity index (χ2v) is 4.93. The predicted octanol–water partition coefficient (Wildman–Crippen LogP) is 2.18. The summed E-state index contributed by atoms with van der Waals surface area (Å²) in [5.74, 6) is 2.11. The molecular weight excluding hydrogens is 240 g/mol. The zero-order chi connectivity index (χ0) is 14.6. The standard InChI is InChI=1S/C15H26N2O2/c1-9(8-16)14(17-4)12-7-13(18-5)10(2)11(3)15(12)19-6/h7,9,14,17H,8,16H2,1-6H3. The molecule has 0 bridgehead atoms. The molecule has 19 heavy (non-hydrogen) atoms. The van der Waals surface area contributed by atoms with Crippen molar-refractivity contribution in [2.45, 2.75) is 26.8 Å². The van der Waals surface area contributed by atoms with Crippen molar-refractivity contribution in [3.63, 3.8) is 0 Å². The van der Waals surface area contributed by atoms with Crippen LogP contribution in [0.3, 0.4) is 0 Å². The molecule has 4 heteroatoms. The minimum Gasteiger partial charge on any atom is -0.496 e. The SMILES string of the molecule is CNC(c1cc(OC)c(C)c(C)c1OC)C(C)CN. The summed E-state index contributed by atoms with van der Waals surface area (Å²) in [4.78, 5) is 0. The Labute approximate surface area is 116 Å². The number of methoxy groups -OCH3 is 2. The number of benzene rings is 1. The minimum absolute atomic E-state index is 0.146. The first-order valence-electron chi connectivity index (χ1n) is 6.61. The van der Waals surface area contributed by atoms with Crippen molar-refractivity contribution < 1.29 is 9.47 Å². The first-order chi connectivity index (χ1) is 9.01. The van der Waals surface area contributed by atoms with Crippen LogP contribution in [0, 0.1) is 19.8 Å². The number of nitrogens with two attached hydrogens (primary N) is 1. The molecule has 0 fully saturated rings. The van der Waals surface area contributed by atoms with E-state index in [9.17, 15) is 0 Å². The summed E-state index contributed by atoms with van der Waals surface area (Å²) in [6, 6.07) is 2.20. The highest BCUT2D eigenvalue weighted by Crippen LogP contribution is 2.38. The zero-order valence-electron chi connectivity index (χ0n) is 12.8. The molecule has 0 saturated heterocycles. The Morgan fingerprint density at radius 1 is 1.21 bits per heavy atom. The van der Waals surface area contributed by atoms with Crippen LogP contribution < -0.4 is 20.5 Å². The average molecular weight is 266 g/mol. The maximum absolute atomic E-state index is 5.80. The molecule has 0 aliphatic carbocycles. The van der Waals surface area contributed by atoms with Crippen molar-refractivity contribution in [3.8, 4) is 11.5 Å². The summed E-state index contributed by atoms with van der Waals surface area (Å²) >= 11 is 0. The highest BCUT2D eigenvalue weighted by molar-refractivity contribution is 5.53. The zero-order valence-corrected chi connectivity index (χ0v) is 12.8. The van der Waals surface area contributed by atoms with E-state index < -0.39 is 0 Å². The van der Waals surface area contributed by atoms with E-state index in [0.29, 0.717) is 12.5 Å². The number of ether oxygens (including phenoxy) is 2. The van der Waals surface area contributed by atoms with Crippen LogP contribution in [-0.2, 0) is 0 Å². The third kappa shape index (κ3) is 3.01. The van der Waals surface area contributed by atoms with Crippen LogP contribution in [0.15, 0.2) is 6.07 Å². The molecule has 0 aliphatic heterocycles. The van der Waals surface area contributed by atoms with Crippen LogP contribution in [0.25, 0.3) is 0 Å². The summed E-state index contributed by atoms with van der Waals surface area (Å²) in [6.07, 6.45) is 0. The van der Waals surface area contributed by atoms with E-state index >= 15 is 0 Å². The number of rotatable bonds is 6. The van der Waals surface area contributed by atoms with Gasteiger partial charge in [-0.25, -0.2) is 0 Å². The Bertz CT molecular complexity index is 433. The maximum atomic E-state index is 5.80. The summed E-state index contributed by atoms with van der Waals surface area (Å²) in [6.45, 7) is 6.84. The summed E-state index contributed by atoms with van der Waals surface area (Å²) in [5.41, 5.74) is 9.13. The van der Waals surface area contributed by atoms with Gasteiger partial charge in [0, 0.05) is 11.6 Å². The molecule has 2 unspecified atom stereocenters. The predicted molar refractivity (Wildman–Crippen MR) is 79.0 cm³/mol.